The Hall–Kier alpha value is -1.81. The zero-order chi connectivity index (χ0) is 12.4. The van der Waals surface area contributed by atoms with Crippen molar-refractivity contribution in [2.45, 2.75) is 26.3 Å². The molecule has 0 radical (unpaired) electrons. The van der Waals surface area contributed by atoms with E-state index in [0.29, 0.717) is 6.54 Å². The zero-order valence-electron chi connectivity index (χ0n) is 10.1. The second-order valence-electron chi connectivity index (χ2n) is 4.38. The van der Waals surface area contributed by atoms with Crippen LogP contribution in [0.5, 0.6) is 0 Å². The number of hydrogen-bond donors (Lipinski definition) is 2. The van der Waals surface area contributed by atoms with Crippen molar-refractivity contribution in [3.05, 3.63) is 52.2 Å². The highest BCUT2D eigenvalue weighted by Crippen LogP contribution is 2.17. The second-order valence-corrected chi connectivity index (χ2v) is 4.38. The summed E-state index contributed by atoms with van der Waals surface area (Å²) in [7, 11) is 0. The number of H-pyrrole nitrogens is 1. The van der Waals surface area contributed by atoms with Gasteiger partial charge >= 0.3 is 5.69 Å². The van der Waals surface area contributed by atoms with Crippen LogP contribution < -0.4 is 11.4 Å². The van der Waals surface area contributed by atoms with Gasteiger partial charge in [-0.1, -0.05) is 26.0 Å². The van der Waals surface area contributed by atoms with E-state index in [1.165, 1.54) is 0 Å². The lowest BCUT2D eigenvalue weighted by Crippen LogP contribution is -2.17. The Bertz CT molecular complexity index is 566. The Labute approximate surface area is 100 Å². The number of hydrogen-bond acceptors (Lipinski definition) is 2. The SMILES string of the molecule is CC(C)c1c[nH]c(=O)n1-c1cccc(CN)c1. The van der Waals surface area contributed by atoms with Gasteiger partial charge in [-0.3, -0.25) is 4.57 Å². The molecule has 0 aliphatic carbocycles. The molecule has 0 amide bonds. The minimum absolute atomic E-state index is 0.108. The summed E-state index contributed by atoms with van der Waals surface area (Å²) < 4.78 is 1.70. The highest BCUT2D eigenvalue weighted by atomic mass is 16.1. The van der Waals surface area contributed by atoms with Gasteiger partial charge in [-0.05, 0) is 23.6 Å². The van der Waals surface area contributed by atoms with Gasteiger partial charge in [0.2, 0.25) is 0 Å². The first-order valence-electron chi connectivity index (χ1n) is 5.73. The zero-order valence-corrected chi connectivity index (χ0v) is 10.1. The van der Waals surface area contributed by atoms with Gasteiger partial charge in [0.15, 0.2) is 0 Å². The molecule has 0 bridgehead atoms. The Balaban J connectivity index is 2.59. The van der Waals surface area contributed by atoms with Crippen molar-refractivity contribution < 1.29 is 0 Å². The maximum absolute atomic E-state index is 11.8. The summed E-state index contributed by atoms with van der Waals surface area (Å²) >= 11 is 0. The van der Waals surface area contributed by atoms with Gasteiger partial charge in [0, 0.05) is 18.4 Å². The quantitative estimate of drug-likeness (QED) is 0.845. The first kappa shape index (κ1) is 11.7. The number of imidazole rings is 1. The minimum Gasteiger partial charge on any atom is -0.326 e. The van der Waals surface area contributed by atoms with Crippen LogP contribution in [0.25, 0.3) is 5.69 Å². The molecule has 1 heterocycles. The number of nitrogens with one attached hydrogen (secondary N) is 1. The van der Waals surface area contributed by atoms with Gasteiger partial charge in [-0.25, -0.2) is 4.79 Å². The summed E-state index contributed by atoms with van der Waals surface area (Å²) in [5, 5.41) is 0. The average Bonchev–Trinajstić information content (AvgIpc) is 2.71. The molecule has 0 fully saturated rings. The molecule has 2 rings (SSSR count). The molecule has 1 aromatic heterocycles. The smallest absolute Gasteiger partial charge is 0.326 e. The topological polar surface area (TPSA) is 63.8 Å². The van der Waals surface area contributed by atoms with E-state index >= 15 is 0 Å². The van der Waals surface area contributed by atoms with Crippen molar-refractivity contribution in [1.82, 2.24) is 9.55 Å². The fourth-order valence-corrected chi connectivity index (χ4v) is 1.90. The highest BCUT2D eigenvalue weighted by molar-refractivity contribution is 5.37. The monoisotopic (exact) mass is 231 g/mol. The van der Waals surface area contributed by atoms with Crippen LogP contribution in [-0.4, -0.2) is 9.55 Å². The van der Waals surface area contributed by atoms with Crippen LogP contribution in [0.4, 0.5) is 0 Å². The number of aromatic nitrogens is 2. The molecule has 17 heavy (non-hydrogen) atoms. The lowest BCUT2D eigenvalue weighted by atomic mass is 10.1. The van der Waals surface area contributed by atoms with Crippen molar-refractivity contribution in [2.24, 2.45) is 5.73 Å². The van der Waals surface area contributed by atoms with E-state index in [4.69, 9.17) is 5.73 Å². The lowest BCUT2D eigenvalue weighted by Gasteiger charge is -2.10. The second kappa shape index (κ2) is 4.59. The fraction of sp³-hybridized carbons (Fsp3) is 0.308. The Morgan fingerprint density at radius 2 is 2.18 bits per heavy atom. The van der Waals surface area contributed by atoms with Crippen molar-refractivity contribution in [3.63, 3.8) is 0 Å². The van der Waals surface area contributed by atoms with E-state index in [9.17, 15) is 4.79 Å². The van der Waals surface area contributed by atoms with Gasteiger partial charge in [0.1, 0.15) is 0 Å². The van der Waals surface area contributed by atoms with Crippen LogP contribution in [0.2, 0.25) is 0 Å². The average molecular weight is 231 g/mol. The minimum atomic E-state index is -0.108. The molecule has 0 unspecified atom stereocenters. The van der Waals surface area contributed by atoms with Gasteiger partial charge < -0.3 is 10.7 Å². The summed E-state index contributed by atoms with van der Waals surface area (Å²) in [6.07, 6.45) is 1.77. The third-order valence-electron chi connectivity index (χ3n) is 2.80. The van der Waals surface area contributed by atoms with Crippen LogP contribution in [0.3, 0.4) is 0 Å². The van der Waals surface area contributed by atoms with E-state index in [-0.39, 0.29) is 11.6 Å². The molecule has 2 aromatic rings. The summed E-state index contributed by atoms with van der Waals surface area (Å²) in [6.45, 7) is 4.60. The summed E-state index contributed by atoms with van der Waals surface area (Å²) in [4.78, 5) is 14.6. The van der Waals surface area contributed by atoms with Crippen LogP contribution in [0.1, 0.15) is 31.0 Å². The number of nitrogens with zero attached hydrogens (tertiary/aromatic N) is 1. The fourth-order valence-electron chi connectivity index (χ4n) is 1.90. The molecule has 3 N–H and O–H groups in total. The molecule has 0 saturated carbocycles. The lowest BCUT2D eigenvalue weighted by molar-refractivity contribution is 0.775. The van der Waals surface area contributed by atoms with Crippen molar-refractivity contribution in [2.75, 3.05) is 0 Å². The Morgan fingerprint density at radius 1 is 1.41 bits per heavy atom. The van der Waals surface area contributed by atoms with Gasteiger partial charge in [0.05, 0.1) is 5.69 Å². The molecule has 0 aliphatic rings. The number of nitrogens with two attached hydrogens (primary N) is 1. The van der Waals surface area contributed by atoms with E-state index in [1.807, 2.05) is 24.3 Å². The predicted molar refractivity (Wildman–Crippen MR) is 68.4 cm³/mol. The standard InChI is InChI=1S/C13H17N3O/c1-9(2)12-8-15-13(17)16(12)11-5-3-4-10(6-11)7-14/h3-6,8-9H,7,14H2,1-2H3,(H,15,17). The molecule has 4 heteroatoms. The van der Waals surface area contributed by atoms with Crippen LogP contribution in [0.15, 0.2) is 35.3 Å². The third kappa shape index (κ3) is 2.17. The predicted octanol–water partition coefficient (Wildman–Crippen LogP) is 1.75. The Morgan fingerprint density at radius 3 is 2.82 bits per heavy atom. The first-order chi connectivity index (χ1) is 8.13. The maximum atomic E-state index is 11.8. The van der Waals surface area contributed by atoms with Crippen LogP contribution in [-0.2, 0) is 6.54 Å². The van der Waals surface area contributed by atoms with Crippen molar-refractivity contribution in [1.29, 1.82) is 0 Å². The first-order valence-corrected chi connectivity index (χ1v) is 5.73. The van der Waals surface area contributed by atoms with E-state index in [2.05, 4.69) is 18.8 Å². The number of benzene rings is 1. The Kier molecular flexibility index (Phi) is 3.15. The van der Waals surface area contributed by atoms with Crippen molar-refractivity contribution >= 4 is 0 Å². The van der Waals surface area contributed by atoms with E-state index in [1.54, 1.807) is 10.8 Å². The summed E-state index contributed by atoms with van der Waals surface area (Å²) in [5.74, 6) is 0.287. The molecule has 4 nitrogen and oxygen atoms in total. The largest absolute Gasteiger partial charge is 0.330 e. The molecule has 0 saturated heterocycles. The molecular weight excluding hydrogens is 214 g/mol. The molecule has 0 atom stereocenters. The molecular formula is C13H17N3O. The molecule has 0 aliphatic heterocycles. The molecule has 0 spiro atoms. The number of aromatic amines is 1. The summed E-state index contributed by atoms with van der Waals surface area (Å²) in [6, 6.07) is 7.73. The van der Waals surface area contributed by atoms with Gasteiger partial charge in [0.25, 0.3) is 0 Å². The van der Waals surface area contributed by atoms with Crippen molar-refractivity contribution in [3.8, 4) is 5.69 Å². The highest BCUT2D eigenvalue weighted by Gasteiger charge is 2.11. The third-order valence-corrected chi connectivity index (χ3v) is 2.80. The van der Waals surface area contributed by atoms with E-state index < -0.39 is 0 Å². The van der Waals surface area contributed by atoms with Gasteiger partial charge in [-0.2, -0.15) is 0 Å². The molecule has 90 valence electrons. The summed E-state index contributed by atoms with van der Waals surface area (Å²) in [5.41, 5.74) is 8.36. The van der Waals surface area contributed by atoms with Gasteiger partial charge in [-0.15, -0.1) is 0 Å². The van der Waals surface area contributed by atoms with Crippen LogP contribution in [0, 0.1) is 0 Å². The van der Waals surface area contributed by atoms with E-state index in [0.717, 1.165) is 16.9 Å². The van der Waals surface area contributed by atoms with Crippen LogP contribution >= 0.6 is 0 Å². The molecule has 1 aromatic carbocycles. The maximum Gasteiger partial charge on any atom is 0.330 e. The number of rotatable bonds is 3. The normalized spacial score (nSPS) is 11.1.